The summed E-state index contributed by atoms with van der Waals surface area (Å²) in [4.78, 5) is 24.1. The number of hydrogen-bond donors (Lipinski definition) is 1. The van der Waals surface area contributed by atoms with E-state index < -0.39 is 11.6 Å². The number of alkyl halides is 1. The number of halogens is 1. The number of carboxylic acids is 1. The molecular weight excluding hydrogens is 249 g/mol. The van der Waals surface area contributed by atoms with Crippen LogP contribution in [0.4, 0.5) is 4.39 Å². The average Bonchev–Trinajstić information content (AvgIpc) is 2.76. The van der Waals surface area contributed by atoms with Gasteiger partial charge in [-0.3, -0.25) is 4.79 Å². The zero-order valence-corrected chi connectivity index (χ0v) is 10.7. The minimum absolute atomic E-state index is 0.137. The van der Waals surface area contributed by atoms with Crippen molar-refractivity contribution in [3.8, 4) is 0 Å². The van der Waals surface area contributed by atoms with Crippen LogP contribution in [0.5, 0.6) is 0 Å². The second kappa shape index (κ2) is 4.99. The highest BCUT2D eigenvalue weighted by molar-refractivity contribution is 5.83. The Labute approximate surface area is 110 Å². The Kier molecular flexibility index (Phi) is 3.55. The molecule has 1 aliphatic rings. The molecule has 1 N–H and O–H groups in total. The van der Waals surface area contributed by atoms with Gasteiger partial charge >= 0.3 is 5.97 Å². The minimum atomic E-state index is -2.29. The Bertz CT molecular complexity index is 517. The smallest absolute Gasteiger partial charge is 0.343 e. The molecule has 1 aromatic rings. The summed E-state index contributed by atoms with van der Waals surface area (Å²) in [5.41, 5.74) is -0.402. The molecule has 4 nitrogen and oxygen atoms in total. The zero-order valence-electron chi connectivity index (χ0n) is 10.7. The molecule has 1 aliphatic heterocycles. The number of aliphatic carboxylic acids is 1. The molecular formula is C14H16FNO3. The minimum Gasteiger partial charge on any atom is -0.479 e. The monoisotopic (exact) mass is 265 g/mol. The number of benzene rings is 1. The Morgan fingerprint density at radius 3 is 2.68 bits per heavy atom. The molecule has 0 spiro atoms. The average molecular weight is 265 g/mol. The molecule has 102 valence electrons. The number of aryl methyl sites for hydroxylation is 1. The molecule has 1 aromatic carbocycles. The number of carbonyl (C=O) groups is 2. The Morgan fingerprint density at radius 2 is 2.11 bits per heavy atom. The molecule has 0 bridgehead atoms. The van der Waals surface area contributed by atoms with E-state index in [1.807, 2.05) is 31.2 Å². The van der Waals surface area contributed by atoms with Crippen LogP contribution in [0.1, 0.15) is 17.5 Å². The lowest BCUT2D eigenvalue weighted by molar-refractivity contribution is -0.150. The van der Waals surface area contributed by atoms with Gasteiger partial charge in [0.1, 0.15) is 0 Å². The van der Waals surface area contributed by atoms with Crippen LogP contribution in [0.15, 0.2) is 24.3 Å². The van der Waals surface area contributed by atoms with E-state index in [0.29, 0.717) is 0 Å². The van der Waals surface area contributed by atoms with E-state index in [9.17, 15) is 14.0 Å². The number of carboxylic acid groups (broad SMARTS) is 1. The fourth-order valence-electron chi connectivity index (χ4n) is 2.24. The van der Waals surface area contributed by atoms with E-state index in [0.717, 1.165) is 11.1 Å². The predicted molar refractivity (Wildman–Crippen MR) is 67.6 cm³/mol. The van der Waals surface area contributed by atoms with E-state index in [2.05, 4.69) is 0 Å². The lowest BCUT2D eigenvalue weighted by Crippen LogP contribution is -2.39. The first kappa shape index (κ1) is 13.5. The number of carbonyl (C=O) groups excluding carboxylic acids is 1. The fraction of sp³-hybridized carbons (Fsp3) is 0.429. The maximum Gasteiger partial charge on any atom is 0.343 e. The van der Waals surface area contributed by atoms with Crippen molar-refractivity contribution in [2.75, 3.05) is 13.1 Å². The van der Waals surface area contributed by atoms with E-state index in [1.165, 1.54) is 4.90 Å². The maximum atomic E-state index is 13.9. The third-order valence-corrected chi connectivity index (χ3v) is 3.56. The molecule has 19 heavy (non-hydrogen) atoms. The highest BCUT2D eigenvalue weighted by atomic mass is 19.1. The van der Waals surface area contributed by atoms with Crippen molar-refractivity contribution >= 4 is 11.9 Å². The van der Waals surface area contributed by atoms with Gasteiger partial charge in [-0.2, -0.15) is 0 Å². The summed E-state index contributed by atoms with van der Waals surface area (Å²) < 4.78 is 13.9. The molecule has 1 heterocycles. The summed E-state index contributed by atoms with van der Waals surface area (Å²) in [7, 11) is 0. The quantitative estimate of drug-likeness (QED) is 0.902. The second-order valence-corrected chi connectivity index (χ2v) is 4.94. The molecule has 0 radical (unpaired) electrons. The van der Waals surface area contributed by atoms with Crippen molar-refractivity contribution in [3.05, 3.63) is 35.4 Å². The second-order valence-electron chi connectivity index (χ2n) is 4.94. The topological polar surface area (TPSA) is 57.6 Å². The van der Waals surface area contributed by atoms with Gasteiger partial charge < -0.3 is 10.0 Å². The third-order valence-electron chi connectivity index (χ3n) is 3.56. The fourth-order valence-corrected chi connectivity index (χ4v) is 2.24. The molecule has 5 heteroatoms. The number of likely N-dealkylation sites (tertiary alicyclic amines) is 1. The van der Waals surface area contributed by atoms with E-state index in [-0.39, 0.29) is 31.8 Å². The van der Waals surface area contributed by atoms with Crippen molar-refractivity contribution in [3.63, 3.8) is 0 Å². The van der Waals surface area contributed by atoms with Crippen molar-refractivity contribution < 1.29 is 19.1 Å². The van der Waals surface area contributed by atoms with Gasteiger partial charge in [0.2, 0.25) is 11.6 Å². The summed E-state index contributed by atoms with van der Waals surface area (Å²) >= 11 is 0. The summed E-state index contributed by atoms with van der Waals surface area (Å²) in [6.45, 7) is 1.71. The van der Waals surface area contributed by atoms with Crippen molar-refractivity contribution in [1.82, 2.24) is 4.90 Å². The van der Waals surface area contributed by atoms with Crippen LogP contribution in [-0.4, -0.2) is 40.6 Å². The van der Waals surface area contributed by atoms with Crippen LogP contribution >= 0.6 is 0 Å². The molecule has 2 rings (SSSR count). The highest BCUT2D eigenvalue weighted by Crippen LogP contribution is 2.26. The molecule has 1 fully saturated rings. The molecule has 1 saturated heterocycles. The lowest BCUT2D eigenvalue weighted by Gasteiger charge is -2.18. The highest BCUT2D eigenvalue weighted by Gasteiger charge is 2.46. The summed E-state index contributed by atoms with van der Waals surface area (Å²) in [5.74, 6) is -1.71. The maximum absolute atomic E-state index is 13.9. The third kappa shape index (κ3) is 2.75. The largest absolute Gasteiger partial charge is 0.479 e. The first-order valence-corrected chi connectivity index (χ1v) is 6.17. The van der Waals surface area contributed by atoms with Crippen molar-refractivity contribution in [2.24, 2.45) is 0 Å². The summed E-state index contributed by atoms with van der Waals surface area (Å²) in [5, 5.41) is 8.79. The van der Waals surface area contributed by atoms with Gasteiger partial charge in [-0.1, -0.05) is 24.3 Å². The predicted octanol–water partition coefficient (Wildman–Crippen LogP) is 1.56. The van der Waals surface area contributed by atoms with Gasteiger partial charge in [0.15, 0.2) is 0 Å². The van der Waals surface area contributed by atoms with Crippen LogP contribution < -0.4 is 0 Å². The molecule has 1 unspecified atom stereocenters. The van der Waals surface area contributed by atoms with Crippen LogP contribution in [0.2, 0.25) is 0 Å². The van der Waals surface area contributed by atoms with Gasteiger partial charge in [-0.05, 0) is 18.1 Å². The van der Waals surface area contributed by atoms with Gasteiger partial charge in [0.05, 0.1) is 13.0 Å². The Hall–Kier alpha value is -1.91. The molecule has 0 saturated carbocycles. The number of nitrogens with zero attached hydrogens (tertiary/aromatic N) is 1. The lowest BCUT2D eigenvalue weighted by atomic mass is 10.1. The normalized spacial score (nSPS) is 22.5. The van der Waals surface area contributed by atoms with E-state index in [4.69, 9.17) is 5.11 Å². The van der Waals surface area contributed by atoms with Gasteiger partial charge in [0, 0.05) is 13.0 Å². The van der Waals surface area contributed by atoms with Crippen LogP contribution in [0.3, 0.4) is 0 Å². The van der Waals surface area contributed by atoms with Crippen LogP contribution in [-0.2, 0) is 16.0 Å². The first-order chi connectivity index (χ1) is 8.92. The van der Waals surface area contributed by atoms with Gasteiger partial charge in [-0.15, -0.1) is 0 Å². The van der Waals surface area contributed by atoms with Crippen LogP contribution in [0.25, 0.3) is 0 Å². The van der Waals surface area contributed by atoms with Crippen LogP contribution in [0, 0.1) is 6.92 Å². The Morgan fingerprint density at radius 1 is 1.42 bits per heavy atom. The number of rotatable bonds is 3. The molecule has 1 amide bonds. The van der Waals surface area contributed by atoms with E-state index >= 15 is 0 Å². The molecule has 0 aliphatic carbocycles. The SMILES string of the molecule is Cc1ccccc1CC(=O)N1CCC(F)(C(=O)O)C1. The number of hydrogen-bond acceptors (Lipinski definition) is 2. The van der Waals surface area contributed by atoms with Crippen molar-refractivity contribution in [1.29, 1.82) is 0 Å². The van der Waals surface area contributed by atoms with Crippen molar-refractivity contribution in [2.45, 2.75) is 25.4 Å². The first-order valence-electron chi connectivity index (χ1n) is 6.17. The summed E-state index contributed by atoms with van der Waals surface area (Å²) in [6.07, 6.45) is 0.0459. The zero-order chi connectivity index (χ0) is 14.0. The standard InChI is InChI=1S/C14H16FNO3/c1-10-4-2-3-5-11(10)8-12(17)16-7-6-14(15,9-16)13(18)19/h2-5H,6-9H2,1H3,(H,18,19). The molecule has 0 aromatic heterocycles. The van der Waals surface area contributed by atoms with E-state index in [1.54, 1.807) is 0 Å². The Balaban J connectivity index is 2.03. The summed E-state index contributed by atoms with van der Waals surface area (Å²) in [6, 6.07) is 7.49. The number of amides is 1. The van der Waals surface area contributed by atoms with Gasteiger partial charge in [0.25, 0.3) is 0 Å². The molecule has 1 atom stereocenters. The van der Waals surface area contributed by atoms with Gasteiger partial charge in [-0.25, -0.2) is 9.18 Å².